The lowest BCUT2D eigenvalue weighted by Gasteiger charge is -2.25. The van der Waals surface area contributed by atoms with E-state index in [4.69, 9.17) is 10.8 Å². The van der Waals surface area contributed by atoms with Crippen molar-refractivity contribution >= 4 is 17.6 Å². The fourth-order valence-corrected chi connectivity index (χ4v) is 2.12. The summed E-state index contributed by atoms with van der Waals surface area (Å²) in [6.45, 7) is 2.71. The topological polar surface area (TPSA) is 83.6 Å². The van der Waals surface area contributed by atoms with Gasteiger partial charge >= 0.3 is 5.97 Å². The number of rotatable bonds is 5. The molecule has 0 bridgehead atoms. The first-order chi connectivity index (χ1) is 8.54. The molecule has 1 amide bonds. The van der Waals surface area contributed by atoms with Crippen molar-refractivity contribution in [1.29, 1.82) is 0 Å². The number of carboxylic acid groups (broad SMARTS) is 1. The minimum Gasteiger partial charge on any atom is -0.478 e. The lowest BCUT2D eigenvalue weighted by atomic mass is 10.1. The molecular weight excluding hydrogens is 232 g/mol. The maximum absolute atomic E-state index is 11.4. The molecule has 5 heteroatoms. The average Bonchev–Trinajstić information content (AvgIpc) is 3.14. The summed E-state index contributed by atoms with van der Waals surface area (Å²) in [5, 5.41) is 9.01. The molecule has 0 heterocycles. The Morgan fingerprint density at radius 2 is 2.11 bits per heavy atom. The molecule has 0 aromatic heterocycles. The average molecular weight is 248 g/mol. The molecule has 0 aliphatic heterocycles. The Balaban J connectivity index is 2.48. The largest absolute Gasteiger partial charge is 0.478 e. The van der Waals surface area contributed by atoms with Crippen molar-refractivity contribution in [1.82, 2.24) is 0 Å². The van der Waals surface area contributed by atoms with Gasteiger partial charge in [0.25, 0.3) is 5.91 Å². The summed E-state index contributed by atoms with van der Waals surface area (Å²) in [5.74, 6) is -1.53. The first-order valence-electron chi connectivity index (χ1n) is 5.98. The van der Waals surface area contributed by atoms with Crippen LogP contribution in [0.2, 0.25) is 0 Å². The molecule has 1 aromatic carbocycles. The number of carboxylic acids is 1. The molecule has 1 saturated carbocycles. The van der Waals surface area contributed by atoms with E-state index in [1.807, 2.05) is 11.8 Å². The van der Waals surface area contributed by atoms with Crippen molar-refractivity contribution in [2.75, 3.05) is 11.4 Å². The molecule has 96 valence electrons. The second kappa shape index (κ2) is 4.68. The summed E-state index contributed by atoms with van der Waals surface area (Å²) >= 11 is 0. The minimum absolute atomic E-state index is 0.175. The lowest BCUT2D eigenvalue weighted by Crippen LogP contribution is -2.28. The van der Waals surface area contributed by atoms with Crippen LogP contribution >= 0.6 is 0 Å². The number of primary amides is 1. The van der Waals surface area contributed by atoms with Crippen LogP contribution < -0.4 is 10.6 Å². The number of benzene rings is 1. The molecule has 0 saturated heterocycles. The van der Waals surface area contributed by atoms with Gasteiger partial charge in [0.05, 0.1) is 16.8 Å². The second-order valence-corrected chi connectivity index (χ2v) is 4.42. The van der Waals surface area contributed by atoms with E-state index in [0.29, 0.717) is 17.3 Å². The molecule has 0 radical (unpaired) electrons. The number of aromatic carboxylic acids is 1. The quantitative estimate of drug-likeness (QED) is 0.826. The SMILES string of the molecule is CCN(c1cc(C(=O)O)ccc1C(N)=O)C1CC1. The van der Waals surface area contributed by atoms with Gasteiger partial charge in [-0.05, 0) is 38.0 Å². The Hall–Kier alpha value is -2.04. The normalized spacial score (nSPS) is 14.3. The van der Waals surface area contributed by atoms with Gasteiger partial charge in [-0.2, -0.15) is 0 Å². The molecule has 3 N–H and O–H groups in total. The zero-order valence-corrected chi connectivity index (χ0v) is 10.2. The molecule has 0 unspecified atom stereocenters. The van der Waals surface area contributed by atoms with E-state index in [0.717, 1.165) is 19.4 Å². The highest BCUT2D eigenvalue weighted by molar-refractivity contribution is 6.01. The number of carbonyl (C=O) groups excluding carboxylic acids is 1. The van der Waals surface area contributed by atoms with Gasteiger partial charge in [0.15, 0.2) is 0 Å². The van der Waals surface area contributed by atoms with E-state index in [1.165, 1.54) is 18.2 Å². The number of amides is 1. The first kappa shape index (κ1) is 12.4. The molecular formula is C13H16N2O3. The number of hydrogen-bond donors (Lipinski definition) is 2. The number of nitrogens with two attached hydrogens (primary N) is 1. The summed E-state index contributed by atoms with van der Waals surface area (Å²) in [7, 11) is 0. The van der Waals surface area contributed by atoms with E-state index in [9.17, 15) is 9.59 Å². The van der Waals surface area contributed by atoms with Crippen molar-refractivity contribution in [2.24, 2.45) is 5.73 Å². The summed E-state index contributed by atoms with van der Waals surface area (Å²) < 4.78 is 0. The van der Waals surface area contributed by atoms with Gasteiger partial charge in [-0.15, -0.1) is 0 Å². The predicted molar refractivity (Wildman–Crippen MR) is 68.0 cm³/mol. The Morgan fingerprint density at radius 1 is 1.44 bits per heavy atom. The second-order valence-electron chi connectivity index (χ2n) is 4.42. The van der Waals surface area contributed by atoms with Crippen molar-refractivity contribution in [2.45, 2.75) is 25.8 Å². The van der Waals surface area contributed by atoms with E-state index < -0.39 is 11.9 Å². The fourth-order valence-electron chi connectivity index (χ4n) is 2.12. The van der Waals surface area contributed by atoms with Crippen LogP contribution in [-0.4, -0.2) is 29.6 Å². The van der Waals surface area contributed by atoms with E-state index in [-0.39, 0.29) is 5.56 Å². The van der Waals surface area contributed by atoms with Crippen LogP contribution in [-0.2, 0) is 0 Å². The highest BCUT2D eigenvalue weighted by Gasteiger charge is 2.30. The van der Waals surface area contributed by atoms with Crippen molar-refractivity contribution in [3.05, 3.63) is 29.3 Å². The van der Waals surface area contributed by atoms with Gasteiger partial charge in [-0.3, -0.25) is 4.79 Å². The minimum atomic E-state index is -1.00. The maximum Gasteiger partial charge on any atom is 0.335 e. The van der Waals surface area contributed by atoms with Crippen LogP contribution in [0.15, 0.2) is 18.2 Å². The van der Waals surface area contributed by atoms with Crippen molar-refractivity contribution < 1.29 is 14.7 Å². The summed E-state index contributed by atoms with van der Waals surface area (Å²) in [6, 6.07) is 4.83. The Morgan fingerprint density at radius 3 is 2.56 bits per heavy atom. The van der Waals surface area contributed by atoms with E-state index in [2.05, 4.69) is 0 Å². The van der Waals surface area contributed by atoms with Crippen LogP contribution in [0.4, 0.5) is 5.69 Å². The third-order valence-corrected chi connectivity index (χ3v) is 3.15. The molecule has 1 aliphatic rings. The van der Waals surface area contributed by atoms with Gasteiger partial charge < -0.3 is 15.7 Å². The maximum atomic E-state index is 11.4. The molecule has 2 rings (SSSR count). The Labute approximate surface area is 105 Å². The standard InChI is InChI=1S/C13H16N2O3/c1-2-15(9-4-5-9)11-7-8(13(17)18)3-6-10(11)12(14)16/h3,6-7,9H,2,4-5H2,1H3,(H2,14,16)(H,17,18). The summed E-state index contributed by atoms with van der Waals surface area (Å²) in [4.78, 5) is 24.5. The fraction of sp³-hybridized carbons (Fsp3) is 0.385. The first-order valence-corrected chi connectivity index (χ1v) is 5.98. The van der Waals surface area contributed by atoms with Gasteiger partial charge in [0, 0.05) is 12.6 Å². The monoisotopic (exact) mass is 248 g/mol. The molecule has 18 heavy (non-hydrogen) atoms. The summed E-state index contributed by atoms with van der Waals surface area (Å²) in [6.07, 6.45) is 2.15. The van der Waals surface area contributed by atoms with Crippen LogP contribution in [0, 0.1) is 0 Å². The molecule has 1 aromatic rings. The highest BCUT2D eigenvalue weighted by atomic mass is 16.4. The smallest absolute Gasteiger partial charge is 0.335 e. The van der Waals surface area contributed by atoms with Crippen LogP contribution in [0.25, 0.3) is 0 Å². The lowest BCUT2D eigenvalue weighted by molar-refractivity contribution is 0.0696. The zero-order valence-electron chi connectivity index (χ0n) is 10.2. The number of carbonyl (C=O) groups is 2. The van der Waals surface area contributed by atoms with Gasteiger partial charge in [0.1, 0.15) is 0 Å². The summed E-state index contributed by atoms with van der Waals surface area (Å²) in [5.41, 5.74) is 6.53. The highest BCUT2D eigenvalue weighted by Crippen LogP contribution is 2.33. The number of nitrogens with zero attached hydrogens (tertiary/aromatic N) is 1. The molecule has 1 fully saturated rings. The van der Waals surface area contributed by atoms with Crippen LogP contribution in [0.1, 0.15) is 40.5 Å². The van der Waals surface area contributed by atoms with Crippen molar-refractivity contribution in [3.8, 4) is 0 Å². The Kier molecular flexibility index (Phi) is 3.23. The van der Waals surface area contributed by atoms with Crippen molar-refractivity contribution in [3.63, 3.8) is 0 Å². The third kappa shape index (κ3) is 2.30. The molecule has 0 atom stereocenters. The predicted octanol–water partition coefficient (Wildman–Crippen LogP) is 1.47. The van der Waals surface area contributed by atoms with E-state index in [1.54, 1.807) is 0 Å². The molecule has 0 spiro atoms. The Bertz CT molecular complexity index is 495. The van der Waals surface area contributed by atoms with Crippen LogP contribution in [0.5, 0.6) is 0 Å². The van der Waals surface area contributed by atoms with Gasteiger partial charge in [0.2, 0.25) is 0 Å². The zero-order chi connectivity index (χ0) is 13.3. The van der Waals surface area contributed by atoms with E-state index >= 15 is 0 Å². The molecule has 1 aliphatic carbocycles. The van der Waals surface area contributed by atoms with Gasteiger partial charge in [-0.25, -0.2) is 4.79 Å². The number of anilines is 1. The number of hydrogen-bond acceptors (Lipinski definition) is 3. The van der Waals surface area contributed by atoms with Crippen LogP contribution in [0.3, 0.4) is 0 Å². The third-order valence-electron chi connectivity index (χ3n) is 3.15. The van der Waals surface area contributed by atoms with Gasteiger partial charge in [-0.1, -0.05) is 0 Å². The molecule has 5 nitrogen and oxygen atoms in total.